The Balaban J connectivity index is 2.10. The predicted molar refractivity (Wildman–Crippen MR) is 102 cm³/mol. The molecule has 3 aromatic rings. The monoisotopic (exact) mass is 349 g/mol. The number of hydrogen-bond donors (Lipinski definition) is 2. The first-order chi connectivity index (χ1) is 12.5. The van der Waals surface area contributed by atoms with Crippen LogP contribution >= 0.6 is 0 Å². The average Bonchev–Trinajstić information content (AvgIpc) is 2.60. The molecule has 0 aliphatic rings. The Labute approximate surface area is 151 Å². The molecule has 6 nitrogen and oxygen atoms in total. The number of phenols is 1. The standard InChI is InChI=1S/C20H19N3O3/c1-12-10-14-8-9-16(20(25)19(14)17(11-12)21-13(2)24)23-22-15-6-4-5-7-18(15)26-3/h4-11,25H,1-3H3,(H,21,24). The summed E-state index contributed by atoms with van der Waals surface area (Å²) in [5.74, 6) is 0.341. The Morgan fingerprint density at radius 1 is 1.08 bits per heavy atom. The number of aryl methyl sites for hydroxylation is 1. The van der Waals surface area contributed by atoms with Gasteiger partial charge in [0, 0.05) is 12.3 Å². The van der Waals surface area contributed by atoms with E-state index in [4.69, 9.17) is 4.74 Å². The summed E-state index contributed by atoms with van der Waals surface area (Å²) < 4.78 is 5.25. The van der Waals surface area contributed by atoms with Gasteiger partial charge in [-0.15, -0.1) is 10.2 Å². The lowest BCUT2D eigenvalue weighted by atomic mass is 10.0. The van der Waals surface area contributed by atoms with Gasteiger partial charge in [0.15, 0.2) is 5.75 Å². The summed E-state index contributed by atoms with van der Waals surface area (Å²) in [6, 6.07) is 14.5. The number of amides is 1. The van der Waals surface area contributed by atoms with Crippen LogP contribution in [0.1, 0.15) is 12.5 Å². The molecule has 2 N–H and O–H groups in total. The first kappa shape index (κ1) is 17.4. The maximum Gasteiger partial charge on any atom is 0.221 e. The number of anilines is 1. The van der Waals surface area contributed by atoms with Gasteiger partial charge in [0.2, 0.25) is 5.91 Å². The molecule has 0 aliphatic carbocycles. The van der Waals surface area contributed by atoms with Crippen LogP contribution in [0.5, 0.6) is 11.5 Å². The molecule has 0 fully saturated rings. The van der Waals surface area contributed by atoms with E-state index < -0.39 is 0 Å². The van der Waals surface area contributed by atoms with Crippen molar-refractivity contribution in [2.75, 3.05) is 12.4 Å². The molecule has 0 atom stereocenters. The molecule has 0 unspecified atom stereocenters. The molecule has 0 aliphatic heterocycles. The van der Waals surface area contributed by atoms with Crippen molar-refractivity contribution in [1.29, 1.82) is 0 Å². The maximum absolute atomic E-state index is 11.5. The van der Waals surface area contributed by atoms with Gasteiger partial charge in [0.1, 0.15) is 17.1 Å². The molecule has 0 radical (unpaired) electrons. The van der Waals surface area contributed by atoms with E-state index in [1.807, 2.05) is 37.3 Å². The van der Waals surface area contributed by atoms with Crippen LogP contribution in [0.25, 0.3) is 10.8 Å². The summed E-state index contributed by atoms with van der Waals surface area (Å²) >= 11 is 0. The molecule has 0 saturated heterocycles. The number of nitrogens with zero attached hydrogens (tertiary/aromatic N) is 2. The fraction of sp³-hybridized carbons (Fsp3) is 0.150. The second-order valence-electron chi connectivity index (χ2n) is 5.90. The zero-order valence-electron chi connectivity index (χ0n) is 14.8. The number of benzene rings is 3. The highest BCUT2D eigenvalue weighted by Gasteiger charge is 2.12. The Morgan fingerprint density at radius 2 is 1.81 bits per heavy atom. The van der Waals surface area contributed by atoms with Gasteiger partial charge in [-0.2, -0.15) is 0 Å². The molecule has 3 aromatic carbocycles. The number of nitrogens with one attached hydrogen (secondary N) is 1. The van der Waals surface area contributed by atoms with Crippen LogP contribution < -0.4 is 10.1 Å². The number of ether oxygens (including phenoxy) is 1. The van der Waals surface area contributed by atoms with Crippen LogP contribution in [0.4, 0.5) is 17.1 Å². The minimum atomic E-state index is -0.211. The summed E-state index contributed by atoms with van der Waals surface area (Å²) in [6.07, 6.45) is 0. The molecule has 3 rings (SSSR count). The lowest BCUT2D eigenvalue weighted by Crippen LogP contribution is -2.06. The van der Waals surface area contributed by atoms with Gasteiger partial charge in [0.25, 0.3) is 0 Å². The van der Waals surface area contributed by atoms with E-state index in [1.165, 1.54) is 6.92 Å². The number of phenolic OH excluding ortho intramolecular Hbond substituents is 1. The van der Waals surface area contributed by atoms with Crippen LogP contribution in [0, 0.1) is 6.92 Å². The van der Waals surface area contributed by atoms with Crippen LogP contribution in [-0.2, 0) is 4.79 Å². The van der Waals surface area contributed by atoms with Crippen LogP contribution in [-0.4, -0.2) is 18.1 Å². The molecule has 132 valence electrons. The minimum absolute atomic E-state index is 0.0371. The Hall–Kier alpha value is -3.41. The third-order valence-electron chi connectivity index (χ3n) is 3.87. The van der Waals surface area contributed by atoms with Crippen molar-refractivity contribution in [3.05, 3.63) is 54.1 Å². The second kappa shape index (κ2) is 7.23. The van der Waals surface area contributed by atoms with E-state index in [0.29, 0.717) is 28.2 Å². The zero-order valence-corrected chi connectivity index (χ0v) is 14.8. The lowest BCUT2D eigenvalue weighted by molar-refractivity contribution is -0.114. The number of carbonyl (C=O) groups excluding carboxylic acids is 1. The number of hydrogen-bond acceptors (Lipinski definition) is 5. The number of para-hydroxylation sites is 1. The number of rotatable bonds is 4. The van der Waals surface area contributed by atoms with Crippen molar-refractivity contribution < 1.29 is 14.6 Å². The highest BCUT2D eigenvalue weighted by atomic mass is 16.5. The maximum atomic E-state index is 11.5. The number of fused-ring (bicyclic) bond motifs is 1. The lowest BCUT2D eigenvalue weighted by Gasteiger charge is -2.11. The van der Waals surface area contributed by atoms with E-state index in [-0.39, 0.29) is 11.7 Å². The summed E-state index contributed by atoms with van der Waals surface area (Å²) in [7, 11) is 1.56. The van der Waals surface area contributed by atoms with Gasteiger partial charge < -0.3 is 15.2 Å². The van der Waals surface area contributed by atoms with Gasteiger partial charge in [0.05, 0.1) is 12.8 Å². The first-order valence-electron chi connectivity index (χ1n) is 8.08. The van der Waals surface area contributed by atoms with Crippen molar-refractivity contribution >= 4 is 33.7 Å². The second-order valence-corrected chi connectivity index (χ2v) is 5.90. The highest BCUT2D eigenvalue weighted by Crippen LogP contribution is 2.40. The Bertz CT molecular complexity index is 1010. The predicted octanol–water partition coefficient (Wildman–Crippen LogP) is 5.24. The Kier molecular flexibility index (Phi) is 4.84. The normalized spacial score (nSPS) is 11.0. The van der Waals surface area contributed by atoms with Gasteiger partial charge in [-0.05, 0) is 42.1 Å². The fourth-order valence-electron chi connectivity index (χ4n) is 2.77. The molecule has 0 spiro atoms. The van der Waals surface area contributed by atoms with Crippen LogP contribution in [0.3, 0.4) is 0 Å². The molecular weight excluding hydrogens is 330 g/mol. The van der Waals surface area contributed by atoms with E-state index in [2.05, 4.69) is 15.5 Å². The summed E-state index contributed by atoms with van der Waals surface area (Å²) in [5.41, 5.74) is 2.38. The van der Waals surface area contributed by atoms with Gasteiger partial charge in [-0.3, -0.25) is 4.79 Å². The summed E-state index contributed by atoms with van der Waals surface area (Å²) in [4.78, 5) is 11.5. The largest absolute Gasteiger partial charge is 0.505 e. The molecular formula is C20H19N3O3. The Morgan fingerprint density at radius 3 is 2.54 bits per heavy atom. The van der Waals surface area contributed by atoms with Crippen molar-refractivity contribution in [1.82, 2.24) is 0 Å². The molecule has 1 amide bonds. The zero-order chi connectivity index (χ0) is 18.7. The van der Waals surface area contributed by atoms with Gasteiger partial charge in [-0.1, -0.05) is 24.3 Å². The van der Waals surface area contributed by atoms with Crippen molar-refractivity contribution in [2.45, 2.75) is 13.8 Å². The van der Waals surface area contributed by atoms with E-state index in [9.17, 15) is 9.90 Å². The summed E-state index contributed by atoms with van der Waals surface area (Å²) in [6.45, 7) is 3.35. The van der Waals surface area contributed by atoms with Crippen molar-refractivity contribution in [2.24, 2.45) is 10.2 Å². The third-order valence-corrected chi connectivity index (χ3v) is 3.87. The number of azo groups is 1. The topological polar surface area (TPSA) is 83.3 Å². The fourth-order valence-corrected chi connectivity index (χ4v) is 2.77. The number of carbonyl (C=O) groups is 1. The minimum Gasteiger partial charge on any atom is -0.505 e. The molecule has 0 saturated carbocycles. The van der Waals surface area contributed by atoms with Gasteiger partial charge >= 0.3 is 0 Å². The van der Waals surface area contributed by atoms with E-state index in [0.717, 1.165) is 10.9 Å². The van der Waals surface area contributed by atoms with Crippen molar-refractivity contribution in [3.63, 3.8) is 0 Å². The molecule has 0 heterocycles. The molecule has 0 bridgehead atoms. The number of methoxy groups -OCH3 is 1. The van der Waals surface area contributed by atoms with Crippen LogP contribution in [0.2, 0.25) is 0 Å². The molecule has 26 heavy (non-hydrogen) atoms. The third kappa shape index (κ3) is 3.49. The smallest absolute Gasteiger partial charge is 0.221 e. The quantitative estimate of drug-likeness (QED) is 0.632. The molecule has 0 aromatic heterocycles. The average molecular weight is 349 g/mol. The molecule has 6 heteroatoms. The van der Waals surface area contributed by atoms with E-state index in [1.54, 1.807) is 25.3 Å². The highest BCUT2D eigenvalue weighted by molar-refractivity contribution is 6.06. The SMILES string of the molecule is COc1ccccc1N=Nc1ccc2cc(C)cc(NC(C)=O)c2c1O. The van der Waals surface area contributed by atoms with Gasteiger partial charge in [-0.25, -0.2) is 0 Å². The van der Waals surface area contributed by atoms with Crippen LogP contribution in [0.15, 0.2) is 58.8 Å². The first-order valence-corrected chi connectivity index (χ1v) is 8.08. The summed E-state index contributed by atoms with van der Waals surface area (Å²) in [5, 5.41) is 23.1. The van der Waals surface area contributed by atoms with E-state index >= 15 is 0 Å². The number of aromatic hydroxyl groups is 1. The van der Waals surface area contributed by atoms with Crippen molar-refractivity contribution in [3.8, 4) is 11.5 Å².